The van der Waals surface area contributed by atoms with Gasteiger partial charge in [0.15, 0.2) is 0 Å². The second-order valence-corrected chi connectivity index (χ2v) is 5.71. The number of nitrogens with zero attached hydrogens (tertiary/aromatic N) is 1. The van der Waals surface area contributed by atoms with Gasteiger partial charge in [0.05, 0.1) is 6.10 Å². The van der Waals surface area contributed by atoms with Crippen LogP contribution in [0.15, 0.2) is 18.3 Å². The standard InChI is InChI=1S/C14H19F3N2O3/c1-13(2,3)22-12(21)18-7-6-10(20)9-4-5-11(19-8-9)14(15,16)17/h4-5,8,10,20H,6-7H2,1-3H3,(H,18,21). The molecule has 1 atom stereocenters. The molecule has 0 aliphatic rings. The molecule has 22 heavy (non-hydrogen) atoms. The van der Waals surface area contributed by atoms with E-state index in [2.05, 4.69) is 10.3 Å². The van der Waals surface area contributed by atoms with Gasteiger partial charge in [0, 0.05) is 12.7 Å². The highest BCUT2D eigenvalue weighted by atomic mass is 19.4. The van der Waals surface area contributed by atoms with Crippen molar-refractivity contribution in [2.24, 2.45) is 0 Å². The SMILES string of the molecule is CC(C)(C)OC(=O)NCCC(O)c1ccc(C(F)(F)F)nc1. The summed E-state index contributed by atoms with van der Waals surface area (Å²) >= 11 is 0. The first-order chi connectivity index (χ1) is 9.99. The number of hydrogen-bond donors (Lipinski definition) is 2. The van der Waals surface area contributed by atoms with E-state index in [-0.39, 0.29) is 18.5 Å². The predicted octanol–water partition coefficient (Wildman–Crippen LogP) is 3.05. The summed E-state index contributed by atoms with van der Waals surface area (Å²) in [6, 6.07) is 1.97. The van der Waals surface area contributed by atoms with Crippen LogP contribution in [0.3, 0.4) is 0 Å². The fourth-order valence-corrected chi connectivity index (χ4v) is 1.56. The number of nitrogens with one attached hydrogen (secondary N) is 1. The second-order valence-electron chi connectivity index (χ2n) is 5.71. The Kier molecular flexibility index (Phi) is 5.76. The number of rotatable bonds is 4. The zero-order valence-electron chi connectivity index (χ0n) is 12.6. The minimum absolute atomic E-state index is 0.122. The molecule has 0 aliphatic carbocycles. The minimum atomic E-state index is -4.51. The molecule has 0 bridgehead atoms. The Morgan fingerprint density at radius 3 is 2.45 bits per heavy atom. The molecule has 0 spiro atoms. The smallest absolute Gasteiger partial charge is 0.433 e. The zero-order valence-corrected chi connectivity index (χ0v) is 12.6. The lowest BCUT2D eigenvalue weighted by molar-refractivity contribution is -0.141. The van der Waals surface area contributed by atoms with E-state index in [0.717, 1.165) is 18.3 Å². The fraction of sp³-hybridized carbons (Fsp3) is 0.571. The molecular weight excluding hydrogens is 301 g/mol. The summed E-state index contributed by atoms with van der Waals surface area (Å²) in [7, 11) is 0. The lowest BCUT2D eigenvalue weighted by Crippen LogP contribution is -2.33. The van der Waals surface area contributed by atoms with E-state index in [0.29, 0.717) is 0 Å². The predicted molar refractivity (Wildman–Crippen MR) is 73.1 cm³/mol. The zero-order chi connectivity index (χ0) is 17.0. The van der Waals surface area contributed by atoms with Crippen LogP contribution in [0, 0.1) is 0 Å². The average molecular weight is 320 g/mol. The van der Waals surface area contributed by atoms with Crippen LogP contribution in [0.5, 0.6) is 0 Å². The number of ether oxygens (including phenoxy) is 1. The number of alkyl carbamates (subject to hydrolysis) is 1. The van der Waals surface area contributed by atoms with Crippen molar-refractivity contribution in [1.82, 2.24) is 10.3 Å². The van der Waals surface area contributed by atoms with Crippen molar-refractivity contribution in [3.63, 3.8) is 0 Å². The number of aromatic nitrogens is 1. The van der Waals surface area contributed by atoms with Crippen LogP contribution in [0.25, 0.3) is 0 Å². The van der Waals surface area contributed by atoms with Crippen LogP contribution in [0.1, 0.15) is 44.6 Å². The molecule has 0 saturated carbocycles. The van der Waals surface area contributed by atoms with Crippen LogP contribution in [0.2, 0.25) is 0 Å². The van der Waals surface area contributed by atoms with Gasteiger partial charge >= 0.3 is 12.3 Å². The summed E-state index contributed by atoms with van der Waals surface area (Å²) in [6.07, 6.45) is -5.05. The van der Waals surface area contributed by atoms with Gasteiger partial charge in [-0.1, -0.05) is 6.07 Å². The van der Waals surface area contributed by atoms with E-state index >= 15 is 0 Å². The van der Waals surface area contributed by atoms with Crippen LogP contribution < -0.4 is 5.32 Å². The van der Waals surface area contributed by atoms with Crippen LogP contribution in [0.4, 0.5) is 18.0 Å². The highest BCUT2D eigenvalue weighted by molar-refractivity contribution is 5.67. The number of hydrogen-bond acceptors (Lipinski definition) is 4. The molecule has 1 aromatic rings. The van der Waals surface area contributed by atoms with Gasteiger partial charge in [0.1, 0.15) is 11.3 Å². The molecule has 1 rings (SSSR count). The number of carbonyl (C=O) groups excluding carboxylic acids is 1. The third kappa shape index (κ3) is 6.30. The van der Waals surface area contributed by atoms with E-state index in [1.807, 2.05) is 0 Å². The molecule has 1 aromatic heterocycles. The largest absolute Gasteiger partial charge is 0.444 e. The summed E-state index contributed by atoms with van der Waals surface area (Å²) in [5, 5.41) is 12.3. The van der Waals surface area contributed by atoms with Crippen molar-refractivity contribution in [2.75, 3.05) is 6.54 Å². The van der Waals surface area contributed by atoms with Gasteiger partial charge in [0.2, 0.25) is 0 Å². The van der Waals surface area contributed by atoms with E-state index < -0.39 is 29.7 Å². The molecule has 0 aliphatic heterocycles. The molecule has 1 heterocycles. The Morgan fingerprint density at radius 1 is 1.36 bits per heavy atom. The van der Waals surface area contributed by atoms with Gasteiger partial charge in [-0.3, -0.25) is 4.98 Å². The lowest BCUT2D eigenvalue weighted by atomic mass is 10.1. The fourth-order valence-electron chi connectivity index (χ4n) is 1.56. The van der Waals surface area contributed by atoms with Gasteiger partial charge in [0.25, 0.3) is 0 Å². The van der Waals surface area contributed by atoms with Crippen molar-refractivity contribution in [3.8, 4) is 0 Å². The molecule has 8 heteroatoms. The van der Waals surface area contributed by atoms with Gasteiger partial charge in [-0.05, 0) is 38.8 Å². The van der Waals surface area contributed by atoms with Gasteiger partial charge in [-0.2, -0.15) is 13.2 Å². The molecule has 0 radical (unpaired) electrons. The molecule has 0 aromatic carbocycles. The maximum absolute atomic E-state index is 12.4. The Bertz CT molecular complexity index is 496. The quantitative estimate of drug-likeness (QED) is 0.894. The first kappa shape index (κ1) is 18.2. The number of pyridine rings is 1. The van der Waals surface area contributed by atoms with Gasteiger partial charge in [-0.15, -0.1) is 0 Å². The van der Waals surface area contributed by atoms with Crippen molar-refractivity contribution in [1.29, 1.82) is 0 Å². The number of alkyl halides is 3. The lowest BCUT2D eigenvalue weighted by Gasteiger charge is -2.20. The Hall–Kier alpha value is -1.83. The van der Waals surface area contributed by atoms with E-state index in [4.69, 9.17) is 4.74 Å². The number of amides is 1. The van der Waals surface area contributed by atoms with E-state index in [9.17, 15) is 23.1 Å². The summed E-state index contributed by atoms with van der Waals surface area (Å²) in [5.74, 6) is 0. The van der Waals surface area contributed by atoms with Crippen molar-refractivity contribution < 1.29 is 27.8 Å². The Morgan fingerprint density at radius 2 is 2.00 bits per heavy atom. The molecule has 124 valence electrons. The number of aliphatic hydroxyl groups excluding tert-OH is 1. The van der Waals surface area contributed by atoms with Crippen molar-refractivity contribution in [2.45, 2.75) is 45.1 Å². The summed E-state index contributed by atoms with van der Waals surface area (Å²) in [6.45, 7) is 5.27. The highest BCUT2D eigenvalue weighted by Crippen LogP contribution is 2.28. The maximum Gasteiger partial charge on any atom is 0.433 e. The number of aliphatic hydroxyl groups is 1. The molecule has 0 saturated heterocycles. The number of carbonyl (C=O) groups is 1. The van der Waals surface area contributed by atoms with Crippen LogP contribution >= 0.6 is 0 Å². The summed E-state index contributed by atoms with van der Waals surface area (Å²) in [5.41, 5.74) is -1.39. The molecule has 0 fully saturated rings. The first-order valence-electron chi connectivity index (χ1n) is 6.67. The normalized spacial score (nSPS) is 13.6. The molecule has 1 amide bonds. The van der Waals surface area contributed by atoms with Gasteiger partial charge < -0.3 is 15.2 Å². The maximum atomic E-state index is 12.4. The molecule has 5 nitrogen and oxygen atoms in total. The molecular formula is C14H19F3N2O3. The third-order valence-corrected chi connectivity index (χ3v) is 2.55. The van der Waals surface area contributed by atoms with Crippen LogP contribution in [-0.2, 0) is 10.9 Å². The highest BCUT2D eigenvalue weighted by Gasteiger charge is 2.32. The Balaban J connectivity index is 2.46. The third-order valence-electron chi connectivity index (χ3n) is 2.55. The summed E-state index contributed by atoms with van der Waals surface area (Å²) < 4.78 is 42.1. The first-order valence-corrected chi connectivity index (χ1v) is 6.67. The van der Waals surface area contributed by atoms with Crippen molar-refractivity contribution >= 4 is 6.09 Å². The Labute approximate surface area is 126 Å². The van der Waals surface area contributed by atoms with Crippen LogP contribution in [-0.4, -0.2) is 28.3 Å². The monoisotopic (exact) mass is 320 g/mol. The van der Waals surface area contributed by atoms with Gasteiger partial charge in [-0.25, -0.2) is 4.79 Å². The topological polar surface area (TPSA) is 71.5 Å². The van der Waals surface area contributed by atoms with E-state index in [1.165, 1.54) is 0 Å². The van der Waals surface area contributed by atoms with Crippen molar-refractivity contribution in [3.05, 3.63) is 29.6 Å². The molecule has 2 N–H and O–H groups in total. The summed E-state index contributed by atoms with van der Waals surface area (Å²) in [4.78, 5) is 14.6. The minimum Gasteiger partial charge on any atom is -0.444 e. The van der Waals surface area contributed by atoms with E-state index in [1.54, 1.807) is 20.8 Å². The average Bonchev–Trinajstić information content (AvgIpc) is 2.35. The second kappa shape index (κ2) is 6.95. The number of halogens is 3. The molecule has 1 unspecified atom stereocenters.